The molecular weight excluding hydrogens is 1740 g/mol. The Morgan fingerprint density at radius 3 is 0.829 bits per heavy atom. The van der Waals surface area contributed by atoms with E-state index in [1.165, 1.54) is 69.2 Å². The topological polar surface area (TPSA) is 127 Å². The smallest absolute Gasteiger partial charge is 0.227 e. The summed E-state index contributed by atoms with van der Waals surface area (Å²) in [6, 6.07) is 150. The Labute approximate surface area is 753 Å². The predicted molar refractivity (Wildman–Crippen MR) is 529 cm³/mol. The summed E-state index contributed by atoms with van der Waals surface area (Å²) in [4.78, 5) is 25.6. The molecule has 0 saturated heterocycles. The number of pyridine rings is 3. The second-order valence-corrected chi connectivity index (χ2v) is 37.9. The maximum absolute atomic E-state index is 9.57. The van der Waals surface area contributed by atoms with E-state index in [2.05, 4.69) is 459 Å². The van der Waals surface area contributed by atoms with Crippen molar-refractivity contribution in [3.8, 4) is 11.1 Å². The molecule has 123 heavy (non-hydrogen) atoms. The molecule has 0 radical (unpaired) electrons. The summed E-state index contributed by atoms with van der Waals surface area (Å²) >= 11 is 3.27. The van der Waals surface area contributed by atoms with E-state index in [0.717, 1.165) is 38.7 Å². The van der Waals surface area contributed by atoms with Gasteiger partial charge < -0.3 is 20.3 Å². The van der Waals surface area contributed by atoms with Crippen LogP contribution in [0, 0.1) is 6.92 Å². The van der Waals surface area contributed by atoms with Gasteiger partial charge in [-0.15, -0.1) is 0 Å². The van der Waals surface area contributed by atoms with Gasteiger partial charge in [-0.3, -0.25) is 15.0 Å². The normalized spacial score (nSPS) is 10.7. The van der Waals surface area contributed by atoms with Gasteiger partial charge in [0.2, 0.25) is 5.95 Å². The Morgan fingerprint density at radius 2 is 0.602 bits per heavy atom. The molecule has 0 bridgehead atoms. The van der Waals surface area contributed by atoms with Gasteiger partial charge in [0, 0.05) is 74.7 Å². The number of benzene rings is 13. The van der Waals surface area contributed by atoms with E-state index in [0.29, 0.717) is 18.3 Å². The van der Waals surface area contributed by atoms with Crippen LogP contribution in [0.3, 0.4) is 0 Å². The molecule has 0 saturated carbocycles. The van der Waals surface area contributed by atoms with Crippen molar-refractivity contribution in [1.29, 1.82) is 0 Å². The first-order valence-corrected chi connectivity index (χ1v) is 46.9. The fraction of sp³-hybridized carbons (Fsp3) is 0.0841. The minimum atomic E-state index is -0.446. The Morgan fingerprint density at radius 1 is 0.341 bits per heavy atom. The van der Waals surface area contributed by atoms with Crippen LogP contribution in [0.4, 0.5) is 11.8 Å². The average molecular weight is 1840 g/mol. The Hall–Kier alpha value is -11.7. The van der Waals surface area contributed by atoms with Crippen molar-refractivity contribution in [2.75, 3.05) is 17.2 Å². The third kappa shape index (κ3) is 28.7. The van der Waals surface area contributed by atoms with Gasteiger partial charge >= 0.3 is 0 Å². The van der Waals surface area contributed by atoms with Crippen LogP contribution in [-0.4, -0.2) is 52.2 Å². The molecule has 0 fully saturated rings. The van der Waals surface area contributed by atoms with Gasteiger partial charge in [-0.1, -0.05) is 411 Å². The number of aryl methyl sites for hydroxylation is 1. The minimum absolute atomic E-state index is 0. The summed E-state index contributed by atoms with van der Waals surface area (Å²) in [6.45, 7) is 8.87. The van der Waals surface area contributed by atoms with Gasteiger partial charge in [0.1, 0.15) is 0 Å². The number of anilines is 2. The molecule has 18 rings (SSSR count). The van der Waals surface area contributed by atoms with Crippen LogP contribution >= 0.6 is 47.6 Å². The number of aliphatic hydroxyl groups is 1. The molecule has 1 atom stereocenters. The Bertz CT molecular complexity index is 4980. The number of nitrogens with one attached hydrogen (secondary N) is 2. The number of aromatic nitrogens is 7. The number of nitrogens with zero attached hydrogens (tertiary/aromatic N) is 7. The fourth-order valence-corrected chi connectivity index (χ4v) is 22.4. The molecule has 0 aliphatic carbocycles. The zero-order valence-electron chi connectivity index (χ0n) is 69.3. The van der Waals surface area contributed by atoms with Crippen molar-refractivity contribution in [1.82, 2.24) is 34.5 Å². The monoisotopic (exact) mass is 1840 g/mol. The fourth-order valence-electron chi connectivity index (χ4n) is 13.0. The Kier molecular flexibility index (Phi) is 38.4. The molecule has 18 aromatic rings. The van der Waals surface area contributed by atoms with Crippen molar-refractivity contribution in [2.24, 2.45) is 0 Å². The van der Waals surface area contributed by atoms with Crippen LogP contribution in [0.2, 0.25) is 0 Å². The van der Waals surface area contributed by atoms with Crippen molar-refractivity contribution in [3.63, 3.8) is 0 Å². The quantitative estimate of drug-likeness (QED) is 0.0476. The summed E-state index contributed by atoms with van der Waals surface area (Å²) < 4.78 is 3.10. The van der Waals surface area contributed by atoms with E-state index in [9.17, 15) is 5.11 Å². The molecule has 0 unspecified atom stereocenters. The van der Waals surface area contributed by atoms with E-state index in [1.807, 2.05) is 54.8 Å². The van der Waals surface area contributed by atoms with Gasteiger partial charge in [-0.05, 0) is 181 Å². The Balaban J connectivity index is 0.000000146. The van der Waals surface area contributed by atoms with Crippen LogP contribution in [0.5, 0.6) is 0 Å². The van der Waals surface area contributed by atoms with Gasteiger partial charge in [0.25, 0.3) is 0 Å². The molecule has 616 valence electrons. The molecule has 16 heteroatoms. The maximum atomic E-state index is 9.57. The van der Waals surface area contributed by atoms with E-state index >= 15 is 0 Å². The number of fused-ring (bicyclic) bond motifs is 1. The molecule has 10 nitrogen and oxygen atoms in total. The minimum Gasteiger partial charge on any atom is -0.394 e. The summed E-state index contributed by atoms with van der Waals surface area (Å²) in [5.74, 6) is 1.15. The molecular formula is C107H100BrN9OP4Pd. The van der Waals surface area contributed by atoms with Gasteiger partial charge in [0.15, 0.2) is 17.0 Å². The number of hydrogen-bond acceptors (Lipinski definition) is 9. The van der Waals surface area contributed by atoms with E-state index < -0.39 is 31.7 Å². The van der Waals surface area contributed by atoms with Gasteiger partial charge in [-0.25, -0.2) is 4.98 Å². The molecule has 13 aromatic carbocycles. The zero-order chi connectivity index (χ0) is 84.4. The second-order valence-electron chi connectivity index (χ2n) is 28.1. The predicted octanol–water partition coefficient (Wildman–Crippen LogP) is 21.3. The first-order chi connectivity index (χ1) is 60.2. The van der Waals surface area contributed by atoms with Crippen molar-refractivity contribution in [3.05, 3.63) is 484 Å². The van der Waals surface area contributed by atoms with Crippen LogP contribution in [-0.2, 0) is 27.0 Å². The molecule has 0 aliphatic rings. The zero-order valence-corrected chi connectivity index (χ0v) is 76.0. The van der Waals surface area contributed by atoms with Gasteiger partial charge in [-0.2, -0.15) is 9.97 Å². The average Bonchev–Trinajstić information content (AvgIpc) is 1.63. The number of aliphatic hydroxyl groups excluding tert-OH is 1. The molecule has 5 aromatic heterocycles. The van der Waals surface area contributed by atoms with E-state index in [4.69, 9.17) is 0 Å². The van der Waals surface area contributed by atoms with Crippen LogP contribution in [0.25, 0.3) is 22.3 Å². The summed E-state index contributed by atoms with van der Waals surface area (Å²) in [5.41, 5.74) is 6.18. The van der Waals surface area contributed by atoms with Crippen LogP contribution < -0.4 is 74.3 Å². The largest absolute Gasteiger partial charge is 0.394 e. The molecule has 3 N–H and O–H groups in total. The SMILES string of the molecule is Brc1ccncc1.CC[C@H](CO)Nc1nc(NCc2ccc(-c3ccncc3)cc2)c2ncn(C(C)C)c2n1.Cc1ccncc1.[Pd].c1ccc(P(c2ccccc2)c2ccccc2)cc1.c1ccc(P(c2ccccc2)c2ccccc2)cc1.c1ccc(P(c2ccccc2)c2ccccc2)cc1.c1ccc(P(c2ccccc2)c2ccccc2)cc1. The molecule has 5 heterocycles. The number of imidazole rings is 1. The first kappa shape index (κ1) is 92.0. The van der Waals surface area contributed by atoms with Crippen molar-refractivity contribution >= 4 is 134 Å². The molecule has 0 aliphatic heterocycles. The third-order valence-electron chi connectivity index (χ3n) is 19.1. The second kappa shape index (κ2) is 51.3. The van der Waals surface area contributed by atoms with Crippen LogP contribution in [0.1, 0.15) is 44.4 Å². The summed E-state index contributed by atoms with van der Waals surface area (Å²) in [6.07, 6.45) is 13.2. The van der Waals surface area contributed by atoms with Crippen LogP contribution in [0.15, 0.2) is 473 Å². The molecule has 0 amide bonds. The number of halogens is 1. The van der Waals surface area contributed by atoms with E-state index in [-0.39, 0.29) is 39.1 Å². The maximum Gasteiger partial charge on any atom is 0.227 e. The molecule has 0 spiro atoms. The standard InChI is InChI=1S/C24H29N7O.4C18H15P.C6H7N.C5H4BrN.Pd/c1-4-20(14-32)28-24-29-22(21-23(30-24)31(15-27-21)16(2)3)26-13-17-5-7-18(8-6-17)19-9-11-25-12-10-19;4*1-4-10-16(11-5-1)19(17-12-6-2-7-13-17)18-14-8-3-9-15-18;1-6-2-4-7-5-3-6;6-5-1-3-7-4-2-5;/h5-12,15-16,20,32H,4,13-14H2,1-3H3,(H2,26,28,29,30);4*1-15H;2-5H,1H3;1-4H;/t20-;;;;;;;/m1......./s1. The third-order valence-corrected chi connectivity index (χ3v) is 29.4. The van der Waals surface area contributed by atoms with Crippen molar-refractivity contribution < 1.29 is 25.5 Å². The van der Waals surface area contributed by atoms with E-state index in [1.54, 1.807) is 43.5 Å². The van der Waals surface area contributed by atoms with Gasteiger partial charge in [0.05, 0.1) is 19.0 Å². The number of rotatable bonds is 21. The summed E-state index contributed by atoms with van der Waals surface area (Å²) in [7, 11) is -1.78. The summed E-state index contributed by atoms with van der Waals surface area (Å²) in [5, 5.41) is 33.0. The first-order valence-electron chi connectivity index (χ1n) is 40.8. The number of hydrogen-bond donors (Lipinski definition) is 3. The van der Waals surface area contributed by atoms with Crippen molar-refractivity contribution in [2.45, 2.75) is 52.7 Å².